The fraction of sp³-hybridized carbons (Fsp3) is 0.263. The first-order valence-electron chi connectivity index (χ1n) is 8.55. The van der Waals surface area contributed by atoms with Crippen LogP contribution in [0.1, 0.15) is 20.8 Å². The maximum atomic E-state index is 13.3. The van der Waals surface area contributed by atoms with Crippen molar-refractivity contribution in [1.82, 2.24) is 0 Å². The second-order valence-electron chi connectivity index (χ2n) is 6.38. The molecule has 0 aliphatic heterocycles. The van der Waals surface area contributed by atoms with E-state index in [-0.39, 0.29) is 26.5 Å². The number of rotatable bonds is 7. The molecule has 2 aromatic carbocycles. The lowest BCUT2D eigenvalue weighted by Gasteiger charge is -2.24. The van der Waals surface area contributed by atoms with Crippen LogP contribution < -0.4 is 9.62 Å². The van der Waals surface area contributed by atoms with Crippen molar-refractivity contribution in [2.75, 3.05) is 16.2 Å². The Kier molecular flexibility index (Phi) is 7.51. The Labute approximate surface area is 179 Å². The molecule has 2 rings (SSSR count). The first-order valence-corrected chi connectivity index (χ1v) is 10.7. The highest BCUT2D eigenvalue weighted by molar-refractivity contribution is 7.92. The standard InChI is InChI=1S/C19H20Cl2N2O5S/c1-12(2)28-19(25)11-23(17-9-14(20)8-15(21)10-17)29(26,27)18-6-4-16(5-7-18)22-13(3)24/h4-10,12H,11H2,1-3H3,(H,22,24). The Morgan fingerprint density at radius 3 is 2.10 bits per heavy atom. The van der Waals surface area contributed by atoms with Crippen molar-refractivity contribution in [3.63, 3.8) is 0 Å². The van der Waals surface area contributed by atoms with Crippen molar-refractivity contribution in [2.45, 2.75) is 31.8 Å². The molecular weight excluding hydrogens is 439 g/mol. The molecule has 0 fully saturated rings. The zero-order chi connectivity index (χ0) is 21.8. The maximum absolute atomic E-state index is 13.3. The summed E-state index contributed by atoms with van der Waals surface area (Å²) in [5.41, 5.74) is 0.558. The molecule has 2 aromatic rings. The number of anilines is 2. The third-order valence-corrected chi connectivity index (χ3v) is 5.76. The smallest absolute Gasteiger partial charge is 0.327 e. The number of carbonyl (C=O) groups excluding carboxylic acids is 2. The van der Waals surface area contributed by atoms with Crippen LogP contribution in [0.5, 0.6) is 0 Å². The molecule has 0 aliphatic rings. The van der Waals surface area contributed by atoms with Gasteiger partial charge in [-0.3, -0.25) is 13.9 Å². The molecule has 0 bridgehead atoms. The Morgan fingerprint density at radius 2 is 1.62 bits per heavy atom. The normalized spacial score (nSPS) is 11.2. The van der Waals surface area contributed by atoms with Crippen molar-refractivity contribution < 1.29 is 22.7 Å². The van der Waals surface area contributed by atoms with E-state index in [4.69, 9.17) is 27.9 Å². The molecular formula is C19H20Cl2N2O5S. The number of nitrogens with zero attached hydrogens (tertiary/aromatic N) is 1. The monoisotopic (exact) mass is 458 g/mol. The van der Waals surface area contributed by atoms with Crippen molar-refractivity contribution in [3.8, 4) is 0 Å². The van der Waals surface area contributed by atoms with Gasteiger partial charge in [0, 0.05) is 22.7 Å². The van der Waals surface area contributed by atoms with Gasteiger partial charge in [-0.1, -0.05) is 23.2 Å². The Bertz CT molecular complexity index is 988. The van der Waals surface area contributed by atoms with Gasteiger partial charge in [0.05, 0.1) is 16.7 Å². The number of nitrogens with one attached hydrogen (secondary N) is 1. The number of carbonyl (C=O) groups is 2. The van der Waals surface area contributed by atoms with Gasteiger partial charge < -0.3 is 10.1 Å². The summed E-state index contributed by atoms with van der Waals surface area (Å²) in [4.78, 5) is 23.3. The van der Waals surface area contributed by atoms with E-state index < -0.39 is 28.6 Å². The molecule has 0 heterocycles. The summed E-state index contributed by atoms with van der Waals surface area (Å²) >= 11 is 12.0. The van der Waals surface area contributed by atoms with Gasteiger partial charge in [0.15, 0.2) is 0 Å². The number of esters is 1. The van der Waals surface area contributed by atoms with E-state index in [9.17, 15) is 18.0 Å². The van der Waals surface area contributed by atoms with E-state index in [1.807, 2.05) is 0 Å². The molecule has 0 aromatic heterocycles. The summed E-state index contributed by atoms with van der Waals surface area (Å²) in [7, 11) is -4.16. The van der Waals surface area contributed by atoms with Crippen molar-refractivity contribution >= 4 is 56.5 Å². The number of benzene rings is 2. The molecule has 156 valence electrons. The van der Waals surface area contributed by atoms with Gasteiger partial charge in [0.2, 0.25) is 5.91 Å². The molecule has 0 aliphatic carbocycles. The van der Waals surface area contributed by atoms with Crippen molar-refractivity contribution in [1.29, 1.82) is 0 Å². The predicted molar refractivity (Wildman–Crippen MR) is 113 cm³/mol. The number of amides is 1. The maximum Gasteiger partial charge on any atom is 0.327 e. The lowest BCUT2D eigenvalue weighted by atomic mass is 10.3. The largest absolute Gasteiger partial charge is 0.462 e. The number of ether oxygens (including phenoxy) is 1. The van der Waals surface area contributed by atoms with E-state index in [1.165, 1.54) is 49.4 Å². The zero-order valence-electron chi connectivity index (χ0n) is 16.0. The van der Waals surface area contributed by atoms with Crippen LogP contribution in [0.15, 0.2) is 47.4 Å². The molecule has 29 heavy (non-hydrogen) atoms. The molecule has 0 spiro atoms. The van der Waals surface area contributed by atoms with E-state index in [0.717, 1.165) is 4.31 Å². The summed E-state index contributed by atoms with van der Waals surface area (Å²) < 4.78 is 32.5. The Hall–Kier alpha value is -2.29. The topological polar surface area (TPSA) is 92.8 Å². The quantitative estimate of drug-likeness (QED) is 0.630. The minimum Gasteiger partial charge on any atom is -0.462 e. The third-order valence-electron chi connectivity index (χ3n) is 3.54. The molecule has 1 N–H and O–H groups in total. The van der Waals surface area contributed by atoms with Crippen LogP contribution in [0.2, 0.25) is 10.0 Å². The highest BCUT2D eigenvalue weighted by Crippen LogP contribution is 2.30. The Morgan fingerprint density at radius 1 is 1.07 bits per heavy atom. The minimum absolute atomic E-state index is 0.0833. The van der Waals surface area contributed by atoms with E-state index in [1.54, 1.807) is 13.8 Å². The fourth-order valence-corrected chi connectivity index (χ4v) is 4.36. The summed E-state index contributed by atoms with van der Waals surface area (Å²) in [6.45, 7) is 4.10. The first-order chi connectivity index (χ1) is 13.5. The molecule has 0 saturated heterocycles. The SMILES string of the molecule is CC(=O)Nc1ccc(S(=O)(=O)N(CC(=O)OC(C)C)c2cc(Cl)cc(Cl)c2)cc1. The van der Waals surface area contributed by atoms with Gasteiger partial charge >= 0.3 is 5.97 Å². The molecule has 0 saturated carbocycles. The van der Waals surface area contributed by atoms with Crippen molar-refractivity contribution in [2.24, 2.45) is 0 Å². The molecule has 1 amide bonds. The molecule has 0 unspecified atom stereocenters. The summed E-state index contributed by atoms with van der Waals surface area (Å²) in [5.74, 6) is -1.01. The number of halogens is 2. The highest BCUT2D eigenvalue weighted by atomic mass is 35.5. The Balaban J connectivity index is 2.47. The molecule has 0 radical (unpaired) electrons. The minimum atomic E-state index is -4.16. The van der Waals surface area contributed by atoms with Gasteiger partial charge in [0.25, 0.3) is 10.0 Å². The number of hydrogen-bond donors (Lipinski definition) is 1. The van der Waals surface area contributed by atoms with Gasteiger partial charge in [-0.2, -0.15) is 0 Å². The van der Waals surface area contributed by atoms with Crippen LogP contribution in [0.4, 0.5) is 11.4 Å². The first kappa shape index (κ1) is 23.0. The summed E-state index contributed by atoms with van der Waals surface area (Å²) in [6.07, 6.45) is -0.410. The van der Waals surface area contributed by atoms with Crippen molar-refractivity contribution in [3.05, 3.63) is 52.5 Å². The lowest BCUT2D eigenvalue weighted by Crippen LogP contribution is -2.37. The lowest BCUT2D eigenvalue weighted by molar-refractivity contribution is -0.145. The summed E-state index contributed by atoms with van der Waals surface area (Å²) in [6, 6.07) is 9.78. The van der Waals surface area contributed by atoms with Crippen LogP contribution >= 0.6 is 23.2 Å². The zero-order valence-corrected chi connectivity index (χ0v) is 18.3. The van der Waals surface area contributed by atoms with Gasteiger partial charge in [-0.25, -0.2) is 8.42 Å². The van der Waals surface area contributed by atoms with E-state index >= 15 is 0 Å². The van der Waals surface area contributed by atoms with Gasteiger partial charge in [-0.05, 0) is 56.3 Å². The van der Waals surface area contributed by atoms with Crippen LogP contribution in [0.3, 0.4) is 0 Å². The third kappa shape index (κ3) is 6.35. The van der Waals surface area contributed by atoms with Crippen LogP contribution in [0.25, 0.3) is 0 Å². The number of sulfonamides is 1. The van der Waals surface area contributed by atoms with Crippen LogP contribution in [0, 0.1) is 0 Å². The van der Waals surface area contributed by atoms with Gasteiger partial charge in [-0.15, -0.1) is 0 Å². The molecule has 7 nitrogen and oxygen atoms in total. The summed E-state index contributed by atoms with van der Waals surface area (Å²) in [5, 5.41) is 2.98. The predicted octanol–water partition coefficient (Wildman–Crippen LogP) is 4.10. The second kappa shape index (κ2) is 9.47. The average Bonchev–Trinajstić information content (AvgIpc) is 2.58. The molecule has 0 atom stereocenters. The number of hydrogen-bond acceptors (Lipinski definition) is 5. The van der Waals surface area contributed by atoms with Crippen LogP contribution in [-0.4, -0.2) is 32.9 Å². The highest BCUT2D eigenvalue weighted by Gasteiger charge is 2.28. The van der Waals surface area contributed by atoms with Gasteiger partial charge in [0.1, 0.15) is 6.54 Å². The van der Waals surface area contributed by atoms with E-state index in [2.05, 4.69) is 5.32 Å². The molecule has 10 heteroatoms. The average molecular weight is 459 g/mol. The van der Waals surface area contributed by atoms with E-state index in [0.29, 0.717) is 5.69 Å². The second-order valence-corrected chi connectivity index (χ2v) is 9.12. The fourth-order valence-electron chi connectivity index (χ4n) is 2.46. The van der Waals surface area contributed by atoms with Crippen LogP contribution in [-0.2, 0) is 24.3 Å².